The molecule has 58 heavy (non-hydrogen) atoms. The first-order chi connectivity index (χ1) is 28.6. The van der Waals surface area contributed by atoms with Crippen LogP contribution >= 0.6 is 0 Å². The standard InChI is InChI=1S/C42H58N2O14/c45-42(58-34-41-39-8-3-1-6-37(39)38-7-2-4-9-40(38)41)43-14-5-15-48-16-17-49-18-19-50-20-21-51-22-23-52-24-25-53-26-27-54-28-29-55-30-31-56-32-33-57-36-12-10-35(11-13-36)44(46)47/h1-4,6-13,41H,5,14-34H2,(H,43,45). The van der Waals surface area contributed by atoms with Crippen LogP contribution in [0.1, 0.15) is 23.5 Å². The molecule has 1 amide bonds. The van der Waals surface area contributed by atoms with Gasteiger partial charge < -0.3 is 57.4 Å². The number of carbonyl (C=O) groups is 1. The van der Waals surface area contributed by atoms with Crippen LogP contribution in [0, 0.1) is 10.1 Å². The second-order valence-corrected chi connectivity index (χ2v) is 12.7. The number of amides is 1. The summed E-state index contributed by atoms with van der Waals surface area (Å²) in [5.41, 5.74) is 4.81. The number of nitrogens with one attached hydrogen (secondary N) is 1. The number of ether oxygens (including phenoxy) is 11. The molecule has 4 rings (SSSR count). The summed E-state index contributed by atoms with van der Waals surface area (Å²) in [5, 5.41) is 13.5. The molecule has 1 aliphatic rings. The van der Waals surface area contributed by atoms with Crippen molar-refractivity contribution in [2.24, 2.45) is 0 Å². The minimum atomic E-state index is -0.453. The van der Waals surface area contributed by atoms with Gasteiger partial charge in [0.05, 0.1) is 117 Å². The summed E-state index contributed by atoms with van der Waals surface area (Å²) in [6, 6.07) is 22.4. The van der Waals surface area contributed by atoms with Gasteiger partial charge in [-0.3, -0.25) is 10.1 Å². The van der Waals surface area contributed by atoms with Crippen molar-refractivity contribution in [1.29, 1.82) is 0 Å². The number of nitro groups is 1. The van der Waals surface area contributed by atoms with E-state index in [1.165, 1.54) is 34.4 Å². The monoisotopic (exact) mass is 814 g/mol. The quantitative estimate of drug-likeness (QED) is 0.0475. The number of nitro benzene ring substituents is 1. The highest BCUT2D eigenvalue weighted by molar-refractivity contribution is 5.79. The van der Waals surface area contributed by atoms with Gasteiger partial charge in [0.25, 0.3) is 5.69 Å². The third-order valence-corrected chi connectivity index (χ3v) is 8.60. The summed E-state index contributed by atoms with van der Waals surface area (Å²) in [7, 11) is 0. The van der Waals surface area contributed by atoms with Gasteiger partial charge in [-0.25, -0.2) is 4.79 Å². The summed E-state index contributed by atoms with van der Waals surface area (Å²) in [4.78, 5) is 22.5. The van der Waals surface area contributed by atoms with Crippen molar-refractivity contribution >= 4 is 11.8 Å². The molecule has 0 spiro atoms. The molecule has 1 N–H and O–H groups in total. The maximum absolute atomic E-state index is 12.3. The van der Waals surface area contributed by atoms with Crippen molar-refractivity contribution < 1.29 is 61.8 Å². The van der Waals surface area contributed by atoms with Crippen LogP contribution in [0.3, 0.4) is 0 Å². The molecule has 0 bridgehead atoms. The normalized spacial score (nSPS) is 12.0. The number of fused-ring (bicyclic) bond motifs is 3. The molecule has 16 nitrogen and oxygen atoms in total. The Kier molecular flexibility index (Phi) is 24.0. The van der Waals surface area contributed by atoms with E-state index in [1.54, 1.807) is 12.1 Å². The Bertz CT molecular complexity index is 1500. The van der Waals surface area contributed by atoms with Gasteiger partial charge in [0.15, 0.2) is 0 Å². The highest BCUT2D eigenvalue weighted by Crippen LogP contribution is 2.44. The van der Waals surface area contributed by atoms with Gasteiger partial charge in [0.2, 0.25) is 0 Å². The fourth-order valence-electron chi connectivity index (χ4n) is 5.76. The van der Waals surface area contributed by atoms with Crippen molar-refractivity contribution in [3.63, 3.8) is 0 Å². The number of hydrogen-bond donors (Lipinski definition) is 1. The lowest BCUT2D eigenvalue weighted by Crippen LogP contribution is -2.27. The Hall–Kier alpha value is -4.23. The highest BCUT2D eigenvalue weighted by Gasteiger charge is 2.29. The zero-order chi connectivity index (χ0) is 40.7. The number of alkyl carbamates (subject to hydrolysis) is 1. The Balaban J connectivity index is 0.785. The number of hydrogen-bond acceptors (Lipinski definition) is 14. The van der Waals surface area contributed by atoms with E-state index in [9.17, 15) is 14.9 Å². The minimum absolute atomic E-state index is 0.0219. The van der Waals surface area contributed by atoms with E-state index in [0.29, 0.717) is 151 Å². The number of rotatable bonds is 35. The van der Waals surface area contributed by atoms with Gasteiger partial charge >= 0.3 is 6.09 Å². The molecule has 0 heterocycles. The van der Waals surface area contributed by atoms with Crippen molar-refractivity contribution in [3.8, 4) is 16.9 Å². The lowest BCUT2D eigenvalue weighted by atomic mass is 9.98. The average Bonchev–Trinajstić information content (AvgIpc) is 3.56. The van der Waals surface area contributed by atoms with Gasteiger partial charge in [0, 0.05) is 31.2 Å². The first-order valence-corrected chi connectivity index (χ1v) is 19.8. The Morgan fingerprint density at radius 2 is 0.897 bits per heavy atom. The molecule has 0 radical (unpaired) electrons. The van der Waals surface area contributed by atoms with Crippen LogP contribution < -0.4 is 10.1 Å². The summed E-state index contributed by atoms with van der Waals surface area (Å²) in [6.45, 7) is 9.45. The van der Waals surface area contributed by atoms with E-state index in [0.717, 1.165) is 0 Å². The van der Waals surface area contributed by atoms with E-state index in [1.807, 2.05) is 24.3 Å². The molecule has 3 aromatic carbocycles. The molecule has 320 valence electrons. The maximum Gasteiger partial charge on any atom is 0.407 e. The highest BCUT2D eigenvalue weighted by atomic mass is 16.6. The molecule has 0 aromatic heterocycles. The molecular formula is C42H58N2O14. The Labute approximate surface area is 340 Å². The number of carbonyl (C=O) groups excluding carboxylic acids is 1. The van der Waals surface area contributed by atoms with Crippen LogP contribution in [0.15, 0.2) is 72.8 Å². The maximum atomic E-state index is 12.3. The van der Waals surface area contributed by atoms with Crippen molar-refractivity contribution in [3.05, 3.63) is 94.0 Å². The smallest absolute Gasteiger partial charge is 0.407 e. The molecule has 0 atom stereocenters. The molecule has 0 saturated heterocycles. The molecule has 0 fully saturated rings. The van der Waals surface area contributed by atoms with Crippen LogP contribution in [0.25, 0.3) is 11.1 Å². The van der Waals surface area contributed by atoms with Crippen LogP contribution in [0.5, 0.6) is 5.75 Å². The predicted molar refractivity (Wildman–Crippen MR) is 214 cm³/mol. The van der Waals surface area contributed by atoms with Gasteiger partial charge in [-0.1, -0.05) is 48.5 Å². The summed E-state index contributed by atoms with van der Waals surface area (Å²) in [5.74, 6) is 0.595. The molecule has 3 aromatic rings. The Morgan fingerprint density at radius 1 is 0.517 bits per heavy atom. The van der Waals surface area contributed by atoms with Crippen molar-refractivity contribution in [2.45, 2.75) is 12.3 Å². The van der Waals surface area contributed by atoms with Crippen molar-refractivity contribution in [2.75, 3.05) is 139 Å². The molecule has 0 aliphatic heterocycles. The van der Waals surface area contributed by atoms with Crippen LogP contribution in [-0.2, 0) is 47.4 Å². The minimum Gasteiger partial charge on any atom is -0.491 e. The van der Waals surface area contributed by atoms with Gasteiger partial charge in [-0.05, 0) is 40.8 Å². The number of non-ortho nitro benzene ring substituents is 1. The second-order valence-electron chi connectivity index (χ2n) is 12.7. The zero-order valence-electron chi connectivity index (χ0n) is 33.2. The second kappa shape index (κ2) is 29.9. The lowest BCUT2D eigenvalue weighted by molar-refractivity contribution is -0.384. The molecule has 16 heteroatoms. The molecule has 1 aliphatic carbocycles. The van der Waals surface area contributed by atoms with Crippen LogP contribution in [-0.4, -0.2) is 150 Å². The number of benzene rings is 3. The van der Waals surface area contributed by atoms with Crippen LogP contribution in [0.4, 0.5) is 10.5 Å². The Morgan fingerprint density at radius 3 is 1.31 bits per heavy atom. The predicted octanol–water partition coefficient (Wildman–Crippen LogP) is 5.05. The first-order valence-electron chi connectivity index (χ1n) is 19.8. The van der Waals surface area contributed by atoms with E-state index in [4.69, 9.17) is 52.1 Å². The van der Waals surface area contributed by atoms with Gasteiger partial charge in [-0.15, -0.1) is 0 Å². The lowest BCUT2D eigenvalue weighted by Gasteiger charge is -2.14. The van der Waals surface area contributed by atoms with E-state index >= 15 is 0 Å². The fourth-order valence-corrected chi connectivity index (χ4v) is 5.76. The van der Waals surface area contributed by atoms with Gasteiger partial charge in [-0.2, -0.15) is 0 Å². The first kappa shape index (κ1) is 46.5. The third-order valence-electron chi connectivity index (χ3n) is 8.60. The van der Waals surface area contributed by atoms with Gasteiger partial charge in [0.1, 0.15) is 19.0 Å². The zero-order valence-corrected chi connectivity index (χ0v) is 33.2. The number of nitrogens with zero attached hydrogens (tertiary/aromatic N) is 1. The molecular weight excluding hydrogens is 756 g/mol. The fraction of sp³-hybridized carbons (Fsp3) is 0.548. The van der Waals surface area contributed by atoms with Crippen molar-refractivity contribution in [1.82, 2.24) is 5.32 Å². The van der Waals surface area contributed by atoms with Crippen LogP contribution in [0.2, 0.25) is 0 Å². The summed E-state index contributed by atoms with van der Waals surface area (Å²) >= 11 is 0. The molecule has 0 saturated carbocycles. The summed E-state index contributed by atoms with van der Waals surface area (Å²) < 4.78 is 60.5. The van der Waals surface area contributed by atoms with E-state index in [-0.39, 0.29) is 11.6 Å². The van der Waals surface area contributed by atoms with E-state index < -0.39 is 11.0 Å². The van der Waals surface area contributed by atoms with E-state index in [2.05, 4.69) is 29.6 Å². The molecule has 0 unspecified atom stereocenters. The summed E-state index contributed by atoms with van der Waals surface area (Å²) in [6.07, 6.45) is 0.255. The largest absolute Gasteiger partial charge is 0.491 e. The third kappa shape index (κ3) is 19.0. The SMILES string of the molecule is O=C(NCCCOCCOCCOCCOCCOCCOCCOCCOCCOCCOc1ccc([N+](=O)[O-])cc1)OCC1c2ccccc2-c2ccccc21. The average molecular weight is 815 g/mol. The topological polar surface area (TPSA) is 174 Å².